The Hall–Kier alpha value is -1.94. The molecule has 0 spiro atoms. The summed E-state index contributed by atoms with van der Waals surface area (Å²) in [6, 6.07) is 0. The van der Waals surface area contributed by atoms with Gasteiger partial charge in [-0.3, -0.25) is 37.3 Å². The van der Waals surface area contributed by atoms with Gasteiger partial charge in [-0.25, -0.2) is 9.13 Å². The highest BCUT2D eigenvalue weighted by Crippen LogP contribution is 2.45. The minimum atomic E-state index is -4.96. The molecule has 0 saturated heterocycles. The van der Waals surface area contributed by atoms with E-state index >= 15 is 0 Å². The molecule has 0 radical (unpaired) electrons. The highest BCUT2D eigenvalue weighted by molar-refractivity contribution is 7.47. The number of phosphoric ester groups is 2. The van der Waals surface area contributed by atoms with Gasteiger partial charge in [-0.2, -0.15) is 0 Å². The molecule has 558 valence electrons. The first-order valence-corrected chi connectivity index (χ1v) is 41.7. The van der Waals surface area contributed by atoms with Gasteiger partial charge in [-0.1, -0.05) is 325 Å². The number of aliphatic hydroxyl groups is 1. The van der Waals surface area contributed by atoms with Gasteiger partial charge in [0.15, 0.2) is 12.2 Å². The predicted molar refractivity (Wildman–Crippen MR) is 381 cm³/mol. The molecule has 17 nitrogen and oxygen atoms in total. The van der Waals surface area contributed by atoms with E-state index in [0.717, 1.165) is 115 Å². The summed E-state index contributed by atoms with van der Waals surface area (Å²) in [5.74, 6) is 0.876. The molecule has 0 fully saturated rings. The van der Waals surface area contributed by atoms with Gasteiger partial charge in [0.2, 0.25) is 0 Å². The van der Waals surface area contributed by atoms with E-state index in [1.807, 2.05) is 0 Å². The summed E-state index contributed by atoms with van der Waals surface area (Å²) in [6.07, 6.45) is 48.7. The Morgan fingerprint density at radius 3 is 0.660 bits per heavy atom. The third kappa shape index (κ3) is 68.6. The van der Waals surface area contributed by atoms with E-state index < -0.39 is 97.5 Å². The fourth-order valence-electron chi connectivity index (χ4n) is 11.4. The van der Waals surface area contributed by atoms with Crippen LogP contribution in [-0.4, -0.2) is 96.7 Å². The first-order valence-electron chi connectivity index (χ1n) is 38.7. The molecule has 0 aromatic rings. The molecule has 0 heterocycles. The fourth-order valence-corrected chi connectivity index (χ4v) is 13.0. The second kappa shape index (κ2) is 64.4. The molecular formula is C75H146O17P2. The van der Waals surface area contributed by atoms with Gasteiger partial charge in [0.1, 0.15) is 19.3 Å². The highest BCUT2D eigenvalue weighted by Gasteiger charge is 2.30. The zero-order valence-corrected chi connectivity index (χ0v) is 63.4. The van der Waals surface area contributed by atoms with E-state index in [1.165, 1.54) is 167 Å². The average Bonchev–Trinajstić information content (AvgIpc) is 1.76. The third-order valence-electron chi connectivity index (χ3n) is 17.3. The molecule has 0 aliphatic heterocycles. The summed E-state index contributed by atoms with van der Waals surface area (Å²) in [4.78, 5) is 72.7. The maximum Gasteiger partial charge on any atom is 0.472 e. The van der Waals surface area contributed by atoms with Gasteiger partial charge in [0.05, 0.1) is 26.4 Å². The lowest BCUT2D eigenvalue weighted by Gasteiger charge is -2.21. The van der Waals surface area contributed by atoms with E-state index in [-0.39, 0.29) is 25.7 Å². The Labute approximate surface area is 575 Å². The van der Waals surface area contributed by atoms with Crippen molar-refractivity contribution in [3.05, 3.63) is 0 Å². The molecule has 0 amide bonds. The first-order chi connectivity index (χ1) is 45.1. The summed E-state index contributed by atoms with van der Waals surface area (Å²) < 4.78 is 68.5. The van der Waals surface area contributed by atoms with Crippen LogP contribution in [0.4, 0.5) is 0 Å². The number of ether oxygens (including phenoxy) is 4. The van der Waals surface area contributed by atoms with Crippen LogP contribution in [0.2, 0.25) is 0 Å². The molecule has 0 rings (SSSR count). The van der Waals surface area contributed by atoms with E-state index in [2.05, 4.69) is 55.4 Å². The average molecular weight is 1380 g/mol. The number of rotatable bonds is 72. The summed E-state index contributed by atoms with van der Waals surface area (Å²) in [6.45, 7) is 14.1. The molecule has 94 heavy (non-hydrogen) atoms. The molecule has 0 aliphatic rings. The van der Waals surface area contributed by atoms with Gasteiger partial charge in [0, 0.05) is 25.7 Å². The van der Waals surface area contributed by atoms with Crippen molar-refractivity contribution < 1.29 is 80.2 Å². The van der Waals surface area contributed by atoms with Crippen LogP contribution in [0.1, 0.15) is 376 Å². The molecule has 19 heteroatoms. The van der Waals surface area contributed by atoms with E-state index in [1.54, 1.807) is 0 Å². The van der Waals surface area contributed by atoms with Crippen molar-refractivity contribution in [3.8, 4) is 0 Å². The summed E-state index contributed by atoms with van der Waals surface area (Å²) in [5.41, 5.74) is 0. The van der Waals surface area contributed by atoms with E-state index in [0.29, 0.717) is 37.5 Å². The maximum atomic E-state index is 13.0. The smallest absolute Gasteiger partial charge is 0.462 e. The molecule has 0 aliphatic carbocycles. The topological polar surface area (TPSA) is 237 Å². The van der Waals surface area contributed by atoms with Crippen molar-refractivity contribution in [2.24, 2.45) is 23.7 Å². The number of phosphoric acid groups is 2. The third-order valence-corrected chi connectivity index (χ3v) is 19.2. The van der Waals surface area contributed by atoms with Crippen LogP contribution in [0.5, 0.6) is 0 Å². The number of unbranched alkanes of at least 4 members (excludes halogenated alkanes) is 38. The standard InChI is InChI=1S/C75H146O17P2/c1-65(2)51-43-35-27-21-17-13-9-11-15-19-23-31-41-49-57-74(79)91-70(61-85-72(77)55-47-39-33-25-29-37-45-53-67(5)6)63-89-93(81,82)87-59-69(76)60-88-94(83,84)90-64-71(62-86-73(78)56-48-40-34-26-30-38-46-54-68(7)8)92-75(80)58-50-42-32-24-20-16-12-10-14-18-22-28-36-44-52-66(3)4/h65-71,76H,9-64H2,1-8H3,(H,81,82)(H,83,84)/t70-,71-/m1/s1. The second-order valence-electron chi connectivity index (χ2n) is 28.9. The van der Waals surface area contributed by atoms with Crippen LogP contribution < -0.4 is 0 Å². The number of esters is 4. The van der Waals surface area contributed by atoms with Crippen molar-refractivity contribution in [3.63, 3.8) is 0 Å². The Balaban J connectivity index is 5.22. The van der Waals surface area contributed by atoms with Gasteiger partial charge < -0.3 is 33.8 Å². The number of hydrogen-bond donors (Lipinski definition) is 3. The normalized spacial score (nSPS) is 14.2. The first kappa shape index (κ1) is 92.1. The molecule has 0 bridgehead atoms. The van der Waals surface area contributed by atoms with Gasteiger partial charge >= 0.3 is 39.5 Å². The van der Waals surface area contributed by atoms with Crippen molar-refractivity contribution in [1.82, 2.24) is 0 Å². The van der Waals surface area contributed by atoms with Crippen LogP contribution >= 0.6 is 15.6 Å². The lowest BCUT2D eigenvalue weighted by molar-refractivity contribution is -0.161. The number of carbonyl (C=O) groups is 4. The van der Waals surface area contributed by atoms with Crippen molar-refractivity contribution in [2.45, 2.75) is 395 Å². The molecule has 3 N–H and O–H groups in total. The Bertz CT molecular complexity index is 1720. The van der Waals surface area contributed by atoms with Gasteiger partial charge in [-0.15, -0.1) is 0 Å². The van der Waals surface area contributed by atoms with Crippen molar-refractivity contribution in [1.29, 1.82) is 0 Å². The number of carbonyl (C=O) groups excluding carboxylic acids is 4. The minimum absolute atomic E-state index is 0.106. The lowest BCUT2D eigenvalue weighted by atomic mass is 10.0. The Morgan fingerprint density at radius 1 is 0.266 bits per heavy atom. The number of hydrogen-bond acceptors (Lipinski definition) is 15. The molecule has 0 aromatic carbocycles. The SMILES string of the molecule is CC(C)CCCCCCCCCCCCCCCCC(=O)O[C@H](COC(=O)CCCCCCCCCC(C)C)COP(=O)(O)OCC(O)COP(=O)(O)OC[C@@H](COC(=O)CCCCCCCCCC(C)C)OC(=O)CCCCCCCCCCCCCCCCC(C)C. The maximum absolute atomic E-state index is 13.0. The second-order valence-corrected chi connectivity index (χ2v) is 31.9. The van der Waals surface area contributed by atoms with Crippen molar-refractivity contribution >= 4 is 39.5 Å². The van der Waals surface area contributed by atoms with Crippen LogP contribution in [0, 0.1) is 23.7 Å². The van der Waals surface area contributed by atoms with E-state index in [9.17, 15) is 43.2 Å². The van der Waals surface area contributed by atoms with Crippen LogP contribution in [0.3, 0.4) is 0 Å². The van der Waals surface area contributed by atoms with Gasteiger partial charge in [0.25, 0.3) is 0 Å². The summed E-state index contributed by atoms with van der Waals surface area (Å²) in [7, 11) is -9.91. The van der Waals surface area contributed by atoms with Gasteiger partial charge in [-0.05, 0) is 49.4 Å². The van der Waals surface area contributed by atoms with Crippen LogP contribution in [-0.2, 0) is 65.4 Å². The minimum Gasteiger partial charge on any atom is -0.462 e. The monoisotopic (exact) mass is 1380 g/mol. The Morgan fingerprint density at radius 2 is 0.447 bits per heavy atom. The molecule has 0 aromatic heterocycles. The molecular weight excluding hydrogens is 1230 g/mol. The zero-order chi connectivity index (χ0) is 69.6. The number of aliphatic hydroxyl groups excluding tert-OH is 1. The molecule has 0 saturated carbocycles. The van der Waals surface area contributed by atoms with Crippen LogP contribution in [0.25, 0.3) is 0 Å². The Kier molecular flexibility index (Phi) is 63.1. The largest absolute Gasteiger partial charge is 0.472 e. The van der Waals surface area contributed by atoms with E-state index in [4.69, 9.17) is 37.0 Å². The lowest BCUT2D eigenvalue weighted by Crippen LogP contribution is -2.30. The summed E-state index contributed by atoms with van der Waals surface area (Å²) >= 11 is 0. The predicted octanol–water partition coefficient (Wildman–Crippen LogP) is 21.7. The fraction of sp³-hybridized carbons (Fsp3) is 0.947. The quantitative estimate of drug-likeness (QED) is 0.0222. The molecule has 4 atom stereocenters. The molecule has 2 unspecified atom stereocenters. The zero-order valence-electron chi connectivity index (χ0n) is 61.6. The van der Waals surface area contributed by atoms with Crippen molar-refractivity contribution in [2.75, 3.05) is 39.6 Å². The van der Waals surface area contributed by atoms with Crippen LogP contribution in [0.15, 0.2) is 0 Å². The summed E-state index contributed by atoms with van der Waals surface area (Å²) in [5, 5.41) is 10.6. The highest BCUT2D eigenvalue weighted by atomic mass is 31.2.